The smallest absolute Gasteiger partial charge is 0.306 e. The van der Waals surface area contributed by atoms with E-state index >= 15 is 0 Å². The molecule has 0 rings (SSSR count). The lowest BCUT2D eigenvalue weighted by Gasteiger charge is -2.15. The first-order valence-corrected chi connectivity index (χ1v) is 29.7. The number of aliphatic hydroxyl groups excluding tert-OH is 1. The molecule has 0 amide bonds. The molecule has 67 heavy (non-hydrogen) atoms. The van der Waals surface area contributed by atoms with Gasteiger partial charge in [-0.1, -0.05) is 300 Å². The van der Waals surface area contributed by atoms with Crippen LogP contribution in [0.3, 0.4) is 0 Å². The van der Waals surface area contributed by atoms with E-state index in [0.717, 1.165) is 77.0 Å². The predicted molar refractivity (Wildman–Crippen MR) is 293 cm³/mol. The summed E-state index contributed by atoms with van der Waals surface area (Å²) in [7, 11) is 0. The maximum absolute atomic E-state index is 12.3. The Morgan fingerprint density at radius 2 is 0.642 bits per heavy atom. The van der Waals surface area contributed by atoms with Crippen LogP contribution >= 0.6 is 0 Å². The lowest BCUT2D eigenvalue weighted by molar-refractivity contribution is -0.161. The molecule has 5 heteroatoms. The molecule has 0 spiro atoms. The summed E-state index contributed by atoms with van der Waals surface area (Å²) in [6.45, 7) is 4.04. The van der Waals surface area contributed by atoms with E-state index in [4.69, 9.17) is 9.47 Å². The maximum Gasteiger partial charge on any atom is 0.306 e. The van der Waals surface area contributed by atoms with E-state index in [9.17, 15) is 14.7 Å². The van der Waals surface area contributed by atoms with Gasteiger partial charge in [-0.3, -0.25) is 9.59 Å². The van der Waals surface area contributed by atoms with Crippen molar-refractivity contribution >= 4 is 11.9 Å². The highest BCUT2D eigenvalue weighted by Crippen LogP contribution is 2.18. The zero-order valence-corrected chi connectivity index (χ0v) is 44.9. The van der Waals surface area contributed by atoms with Gasteiger partial charge >= 0.3 is 11.9 Å². The SMILES string of the molecule is CC/C=C\C/C=C\C/C=C\C/C=C\CCCCCCC(=O)OC(CO)COC(=O)CCCCCCCCCCCCCCCCCCCCCCCCCCCCCCCCCCCCCC. The van der Waals surface area contributed by atoms with E-state index in [-0.39, 0.29) is 25.2 Å². The van der Waals surface area contributed by atoms with Crippen molar-refractivity contribution in [2.24, 2.45) is 0 Å². The standard InChI is InChI=1S/C62H114O5/c1-3-5-7-9-11-13-15-17-19-21-22-23-24-25-26-27-28-29-30-31-32-33-34-35-36-37-38-39-41-42-44-46-48-50-52-54-56-61(64)66-59-60(58-63)67-62(65)57-55-53-51-49-47-45-43-40-20-18-16-14-12-10-8-6-4-2/h6,8,12,14,18,20,43,45,60,63H,3-5,7,9-11,13,15-17,19,21-42,44,46-59H2,1-2H3/b8-6-,14-12-,20-18-,45-43-. The molecule has 0 aliphatic heterocycles. The molecule has 1 N–H and O–H groups in total. The number of unbranched alkanes of at least 4 members (excludes halogenated alkanes) is 39. The average Bonchev–Trinajstić information content (AvgIpc) is 3.33. The molecule has 0 fully saturated rings. The van der Waals surface area contributed by atoms with Crippen LogP contribution in [0.25, 0.3) is 0 Å². The Bertz CT molecular complexity index is 1110. The Morgan fingerprint density at radius 1 is 0.358 bits per heavy atom. The van der Waals surface area contributed by atoms with E-state index in [1.165, 1.54) is 212 Å². The summed E-state index contributed by atoms with van der Waals surface area (Å²) >= 11 is 0. The van der Waals surface area contributed by atoms with Crippen molar-refractivity contribution in [2.75, 3.05) is 13.2 Å². The monoisotopic (exact) mass is 939 g/mol. The number of ether oxygens (including phenoxy) is 2. The molecule has 0 aromatic heterocycles. The van der Waals surface area contributed by atoms with Gasteiger partial charge in [0.05, 0.1) is 6.61 Å². The summed E-state index contributed by atoms with van der Waals surface area (Å²) in [5.41, 5.74) is 0. The number of hydrogen-bond acceptors (Lipinski definition) is 5. The first kappa shape index (κ1) is 64.9. The Kier molecular flexibility index (Phi) is 56.3. The first-order chi connectivity index (χ1) is 33.1. The van der Waals surface area contributed by atoms with Crippen LogP contribution in [0.15, 0.2) is 48.6 Å². The largest absolute Gasteiger partial charge is 0.462 e. The molecule has 0 saturated heterocycles. The number of carbonyl (C=O) groups excluding carboxylic acids is 2. The van der Waals surface area contributed by atoms with Gasteiger partial charge in [0.1, 0.15) is 6.61 Å². The molecule has 392 valence electrons. The molecule has 5 nitrogen and oxygen atoms in total. The minimum atomic E-state index is -0.785. The Hall–Kier alpha value is -2.14. The van der Waals surface area contributed by atoms with Crippen LogP contribution in [0.2, 0.25) is 0 Å². The zero-order valence-electron chi connectivity index (χ0n) is 44.9. The quantitative estimate of drug-likeness (QED) is 0.0374. The highest BCUT2D eigenvalue weighted by Gasteiger charge is 2.16. The topological polar surface area (TPSA) is 72.8 Å². The molecule has 0 aliphatic carbocycles. The van der Waals surface area contributed by atoms with Gasteiger partial charge in [0.25, 0.3) is 0 Å². The van der Waals surface area contributed by atoms with Crippen molar-refractivity contribution < 1.29 is 24.2 Å². The van der Waals surface area contributed by atoms with Crippen molar-refractivity contribution in [1.82, 2.24) is 0 Å². The fourth-order valence-corrected chi connectivity index (χ4v) is 8.96. The molecule has 0 bridgehead atoms. The molecular weight excluding hydrogens is 825 g/mol. The molecule has 0 heterocycles. The molecule has 1 atom stereocenters. The number of esters is 2. The van der Waals surface area contributed by atoms with Crippen LogP contribution in [0.5, 0.6) is 0 Å². The summed E-state index contributed by atoms with van der Waals surface area (Å²) in [6, 6.07) is 0. The van der Waals surface area contributed by atoms with E-state index < -0.39 is 6.10 Å². The van der Waals surface area contributed by atoms with Gasteiger partial charge < -0.3 is 14.6 Å². The molecule has 1 unspecified atom stereocenters. The highest BCUT2D eigenvalue weighted by molar-refractivity contribution is 5.70. The number of carbonyl (C=O) groups is 2. The van der Waals surface area contributed by atoms with Gasteiger partial charge in [0.2, 0.25) is 0 Å². The normalized spacial score (nSPS) is 12.5. The zero-order chi connectivity index (χ0) is 48.5. The Morgan fingerprint density at radius 3 is 0.970 bits per heavy atom. The van der Waals surface area contributed by atoms with Crippen LogP contribution in [0.4, 0.5) is 0 Å². The van der Waals surface area contributed by atoms with Crippen LogP contribution in [0, 0.1) is 0 Å². The summed E-state index contributed by atoms with van der Waals surface area (Å²) in [4.78, 5) is 24.5. The van der Waals surface area contributed by atoms with Gasteiger partial charge in [-0.05, 0) is 51.4 Å². The maximum atomic E-state index is 12.3. The van der Waals surface area contributed by atoms with Gasteiger partial charge in [0.15, 0.2) is 6.10 Å². The molecule has 0 aromatic rings. The van der Waals surface area contributed by atoms with E-state index in [0.29, 0.717) is 12.8 Å². The highest BCUT2D eigenvalue weighted by atomic mass is 16.6. The van der Waals surface area contributed by atoms with Crippen LogP contribution in [-0.2, 0) is 19.1 Å². The van der Waals surface area contributed by atoms with Gasteiger partial charge in [-0.25, -0.2) is 0 Å². The van der Waals surface area contributed by atoms with Crippen molar-refractivity contribution in [3.8, 4) is 0 Å². The molecule has 0 radical (unpaired) electrons. The van der Waals surface area contributed by atoms with Crippen LogP contribution in [-0.4, -0.2) is 36.4 Å². The van der Waals surface area contributed by atoms with E-state index in [1.54, 1.807) is 0 Å². The Balaban J connectivity index is 3.39. The summed E-state index contributed by atoms with van der Waals surface area (Å²) < 4.78 is 10.7. The molecule has 0 saturated carbocycles. The molecule has 0 aliphatic rings. The molecular formula is C62H114O5. The molecule has 0 aromatic carbocycles. The second kappa shape index (κ2) is 58.2. The lowest BCUT2D eigenvalue weighted by Crippen LogP contribution is -2.28. The summed E-state index contributed by atoms with van der Waals surface area (Å²) in [5, 5.41) is 9.63. The first-order valence-electron chi connectivity index (χ1n) is 29.7. The van der Waals surface area contributed by atoms with Gasteiger partial charge in [-0.2, -0.15) is 0 Å². The Labute approximate surface area is 418 Å². The summed E-state index contributed by atoms with van der Waals surface area (Å²) in [5.74, 6) is -0.607. The second-order valence-corrected chi connectivity index (χ2v) is 20.1. The van der Waals surface area contributed by atoms with Gasteiger partial charge in [0, 0.05) is 12.8 Å². The van der Waals surface area contributed by atoms with Crippen molar-refractivity contribution in [3.05, 3.63) is 48.6 Å². The van der Waals surface area contributed by atoms with Crippen LogP contribution < -0.4 is 0 Å². The minimum absolute atomic E-state index is 0.0738. The van der Waals surface area contributed by atoms with Gasteiger partial charge in [-0.15, -0.1) is 0 Å². The fraction of sp³-hybridized carbons (Fsp3) is 0.839. The fourth-order valence-electron chi connectivity index (χ4n) is 8.96. The number of aliphatic hydroxyl groups is 1. The number of rotatable bonds is 55. The second-order valence-electron chi connectivity index (χ2n) is 20.1. The minimum Gasteiger partial charge on any atom is -0.462 e. The van der Waals surface area contributed by atoms with Crippen molar-refractivity contribution in [2.45, 2.75) is 322 Å². The third kappa shape index (κ3) is 56.3. The lowest BCUT2D eigenvalue weighted by atomic mass is 10.0. The number of allylic oxidation sites excluding steroid dienone is 8. The van der Waals surface area contributed by atoms with Crippen molar-refractivity contribution in [1.29, 1.82) is 0 Å². The number of hydrogen-bond donors (Lipinski definition) is 1. The van der Waals surface area contributed by atoms with E-state index in [1.807, 2.05) is 0 Å². The third-order valence-corrected chi connectivity index (χ3v) is 13.4. The predicted octanol–water partition coefficient (Wildman–Crippen LogP) is 20.0. The van der Waals surface area contributed by atoms with Crippen LogP contribution in [0.1, 0.15) is 316 Å². The third-order valence-electron chi connectivity index (χ3n) is 13.4. The summed E-state index contributed by atoms with van der Waals surface area (Å²) in [6.07, 6.45) is 76.9. The van der Waals surface area contributed by atoms with Crippen molar-refractivity contribution in [3.63, 3.8) is 0 Å². The average molecular weight is 940 g/mol. The van der Waals surface area contributed by atoms with E-state index in [2.05, 4.69) is 62.5 Å².